The van der Waals surface area contributed by atoms with E-state index in [1.165, 1.54) is 12.8 Å². The summed E-state index contributed by atoms with van der Waals surface area (Å²) in [6, 6.07) is 15.8. The van der Waals surface area contributed by atoms with Crippen LogP contribution in [0.2, 0.25) is 0 Å². The normalized spacial score (nSPS) is 14.6. The van der Waals surface area contributed by atoms with E-state index in [-0.39, 0.29) is 11.9 Å². The molecule has 0 spiro atoms. The van der Waals surface area contributed by atoms with Gasteiger partial charge in [0.05, 0.1) is 11.4 Å². The lowest BCUT2D eigenvalue weighted by molar-refractivity contribution is 0.0932. The number of carbonyl (C=O) groups excluding carboxylic acids is 1. The number of amides is 1. The number of aromatic nitrogens is 3. The minimum Gasteiger partial charge on any atom is -0.348 e. The first-order chi connectivity index (χ1) is 12.3. The summed E-state index contributed by atoms with van der Waals surface area (Å²) in [7, 11) is 0. The van der Waals surface area contributed by atoms with E-state index in [4.69, 9.17) is 0 Å². The van der Waals surface area contributed by atoms with Gasteiger partial charge in [0.15, 0.2) is 5.69 Å². The first-order valence-corrected chi connectivity index (χ1v) is 8.68. The van der Waals surface area contributed by atoms with Gasteiger partial charge in [0.25, 0.3) is 5.91 Å². The van der Waals surface area contributed by atoms with Crippen LogP contribution in [-0.2, 0) is 0 Å². The summed E-state index contributed by atoms with van der Waals surface area (Å²) in [5, 5.41) is 7.68. The molecule has 1 amide bonds. The predicted octanol–water partition coefficient (Wildman–Crippen LogP) is 3.61. The molecule has 4 rings (SSSR count). The molecule has 3 aromatic rings. The average molecular weight is 332 g/mol. The van der Waals surface area contributed by atoms with Crippen molar-refractivity contribution in [2.75, 3.05) is 0 Å². The van der Waals surface area contributed by atoms with E-state index in [1.54, 1.807) is 17.1 Å². The Morgan fingerprint density at radius 2 is 1.88 bits per heavy atom. The number of pyridine rings is 1. The van der Waals surface area contributed by atoms with Crippen molar-refractivity contribution in [1.29, 1.82) is 0 Å². The van der Waals surface area contributed by atoms with Gasteiger partial charge in [0.2, 0.25) is 0 Å². The lowest BCUT2D eigenvalue weighted by atomic mass is 10.2. The molecule has 2 heterocycles. The zero-order valence-corrected chi connectivity index (χ0v) is 13.9. The molecule has 2 aromatic heterocycles. The molecule has 0 radical (unpaired) electrons. The highest BCUT2D eigenvalue weighted by molar-refractivity contribution is 5.93. The number of hydrogen-bond acceptors (Lipinski definition) is 3. The summed E-state index contributed by atoms with van der Waals surface area (Å²) < 4.78 is 1.81. The minimum atomic E-state index is -0.105. The zero-order valence-electron chi connectivity index (χ0n) is 13.9. The summed E-state index contributed by atoms with van der Waals surface area (Å²) in [6.07, 6.45) is 8.01. The maximum atomic E-state index is 12.6. The van der Waals surface area contributed by atoms with Crippen molar-refractivity contribution in [2.24, 2.45) is 0 Å². The maximum absolute atomic E-state index is 12.6. The van der Waals surface area contributed by atoms with Crippen molar-refractivity contribution >= 4 is 5.91 Å². The fourth-order valence-corrected chi connectivity index (χ4v) is 3.31. The van der Waals surface area contributed by atoms with Crippen LogP contribution in [0.25, 0.3) is 16.9 Å². The number of nitrogens with zero attached hydrogens (tertiary/aromatic N) is 3. The fraction of sp³-hybridized carbons (Fsp3) is 0.250. The molecule has 25 heavy (non-hydrogen) atoms. The summed E-state index contributed by atoms with van der Waals surface area (Å²) in [5.41, 5.74) is 3.14. The van der Waals surface area contributed by atoms with Gasteiger partial charge in [-0.15, -0.1) is 0 Å². The van der Waals surface area contributed by atoms with Gasteiger partial charge in [-0.2, -0.15) is 5.10 Å². The lowest BCUT2D eigenvalue weighted by Gasteiger charge is -2.10. The summed E-state index contributed by atoms with van der Waals surface area (Å²) in [5.74, 6) is -0.105. The van der Waals surface area contributed by atoms with Crippen LogP contribution in [0.1, 0.15) is 36.2 Å². The van der Waals surface area contributed by atoms with Gasteiger partial charge in [0.1, 0.15) is 0 Å². The molecule has 0 unspecified atom stereocenters. The van der Waals surface area contributed by atoms with E-state index < -0.39 is 0 Å². The van der Waals surface area contributed by atoms with Crippen molar-refractivity contribution in [3.63, 3.8) is 0 Å². The van der Waals surface area contributed by atoms with Gasteiger partial charge in [-0.05, 0) is 43.2 Å². The van der Waals surface area contributed by atoms with Crippen molar-refractivity contribution in [1.82, 2.24) is 20.1 Å². The molecule has 1 saturated carbocycles. The SMILES string of the molecule is O=C(NC1CCCC1)c1cc(-c2cccnc2)n(-c2ccccc2)n1. The van der Waals surface area contributed by atoms with E-state index in [2.05, 4.69) is 15.4 Å². The molecule has 1 fully saturated rings. The monoisotopic (exact) mass is 332 g/mol. The third-order valence-electron chi connectivity index (χ3n) is 4.59. The van der Waals surface area contributed by atoms with Crippen molar-refractivity contribution < 1.29 is 4.79 Å². The van der Waals surface area contributed by atoms with Gasteiger partial charge in [-0.3, -0.25) is 9.78 Å². The second kappa shape index (κ2) is 6.89. The standard InChI is InChI=1S/C20H20N4O/c25-20(22-16-8-4-5-9-16)18-13-19(15-7-6-12-21-14-15)24(23-18)17-10-2-1-3-11-17/h1-3,6-7,10-14,16H,4-5,8-9H2,(H,22,25). The second-order valence-electron chi connectivity index (χ2n) is 6.36. The van der Waals surface area contributed by atoms with E-state index in [1.807, 2.05) is 48.5 Å². The predicted molar refractivity (Wildman–Crippen MR) is 96.5 cm³/mol. The van der Waals surface area contributed by atoms with E-state index >= 15 is 0 Å². The highest BCUT2D eigenvalue weighted by Crippen LogP contribution is 2.24. The van der Waals surface area contributed by atoms with Crippen molar-refractivity contribution in [2.45, 2.75) is 31.7 Å². The van der Waals surface area contributed by atoms with Gasteiger partial charge < -0.3 is 5.32 Å². The van der Waals surface area contributed by atoms with Gasteiger partial charge >= 0.3 is 0 Å². The van der Waals surface area contributed by atoms with E-state index in [9.17, 15) is 4.79 Å². The molecule has 0 atom stereocenters. The Kier molecular flexibility index (Phi) is 4.29. The number of para-hydroxylation sites is 1. The summed E-state index contributed by atoms with van der Waals surface area (Å²) in [6.45, 7) is 0. The Balaban J connectivity index is 1.72. The van der Waals surface area contributed by atoms with Crippen LogP contribution in [-0.4, -0.2) is 26.7 Å². The Hall–Kier alpha value is -2.95. The minimum absolute atomic E-state index is 0.105. The molecule has 0 aliphatic heterocycles. The molecule has 0 bridgehead atoms. The van der Waals surface area contributed by atoms with Crippen LogP contribution >= 0.6 is 0 Å². The molecular formula is C20H20N4O. The average Bonchev–Trinajstić information content (AvgIpc) is 3.33. The van der Waals surface area contributed by atoms with Gasteiger partial charge in [-0.1, -0.05) is 31.0 Å². The van der Waals surface area contributed by atoms with Crippen LogP contribution in [0.4, 0.5) is 0 Å². The molecule has 1 aromatic carbocycles. The Morgan fingerprint density at radius 1 is 1.08 bits per heavy atom. The van der Waals surface area contributed by atoms with Crippen LogP contribution in [0.3, 0.4) is 0 Å². The Labute approximate surface area is 146 Å². The zero-order chi connectivity index (χ0) is 17.1. The summed E-state index contributed by atoms with van der Waals surface area (Å²) in [4.78, 5) is 16.8. The fourth-order valence-electron chi connectivity index (χ4n) is 3.31. The largest absolute Gasteiger partial charge is 0.348 e. The van der Waals surface area contributed by atoms with Crippen LogP contribution in [0.5, 0.6) is 0 Å². The second-order valence-corrected chi connectivity index (χ2v) is 6.36. The third-order valence-corrected chi connectivity index (χ3v) is 4.59. The maximum Gasteiger partial charge on any atom is 0.272 e. The third kappa shape index (κ3) is 3.31. The highest BCUT2D eigenvalue weighted by Gasteiger charge is 2.21. The molecular weight excluding hydrogens is 312 g/mol. The number of carbonyl (C=O) groups is 1. The number of rotatable bonds is 4. The van der Waals surface area contributed by atoms with Crippen molar-refractivity contribution in [3.05, 3.63) is 66.6 Å². The van der Waals surface area contributed by atoms with Crippen LogP contribution in [0.15, 0.2) is 60.9 Å². The Bertz CT molecular complexity index is 795. The van der Waals surface area contributed by atoms with Gasteiger partial charge in [0, 0.05) is 24.0 Å². The summed E-state index contributed by atoms with van der Waals surface area (Å²) >= 11 is 0. The van der Waals surface area contributed by atoms with E-state index in [0.29, 0.717) is 5.69 Å². The molecule has 1 aliphatic carbocycles. The molecule has 5 nitrogen and oxygen atoms in total. The molecule has 5 heteroatoms. The smallest absolute Gasteiger partial charge is 0.272 e. The van der Waals surface area contributed by atoms with Crippen LogP contribution in [0, 0.1) is 0 Å². The number of hydrogen-bond donors (Lipinski definition) is 1. The van der Waals surface area contributed by atoms with E-state index in [0.717, 1.165) is 29.8 Å². The first kappa shape index (κ1) is 15.6. The first-order valence-electron chi connectivity index (χ1n) is 8.68. The number of nitrogens with one attached hydrogen (secondary N) is 1. The molecule has 126 valence electrons. The Morgan fingerprint density at radius 3 is 2.60 bits per heavy atom. The topological polar surface area (TPSA) is 59.8 Å². The highest BCUT2D eigenvalue weighted by atomic mass is 16.2. The quantitative estimate of drug-likeness (QED) is 0.794. The molecule has 1 N–H and O–H groups in total. The van der Waals surface area contributed by atoms with Crippen LogP contribution < -0.4 is 5.32 Å². The van der Waals surface area contributed by atoms with Crippen molar-refractivity contribution in [3.8, 4) is 16.9 Å². The van der Waals surface area contributed by atoms with Gasteiger partial charge in [-0.25, -0.2) is 4.68 Å². The number of benzene rings is 1. The molecule has 1 aliphatic rings. The molecule has 0 saturated heterocycles. The lowest BCUT2D eigenvalue weighted by Crippen LogP contribution is -2.32.